The van der Waals surface area contributed by atoms with Gasteiger partial charge in [0.05, 0.1) is 5.56 Å². The Morgan fingerprint density at radius 2 is 2.06 bits per heavy atom. The topological polar surface area (TPSA) is 42.0 Å². The van der Waals surface area contributed by atoms with Gasteiger partial charge in [0.2, 0.25) is 0 Å². The Hall–Kier alpha value is -0.900. The molecule has 0 bridgehead atoms. The highest BCUT2D eigenvalue weighted by Gasteiger charge is 2.25. The number of hydrogen-bond acceptors (Lipinski definition) is 2. The summed E-state index contributed by atoms with van der Waals surface area (Å²) in [6.07, 6.45) is 5.44. The summed E-state index contributed by atoms with van der Waals surface area (Å²) in [5.41, 5.74) is 1.78. The van der Waals surface area contributed by atoms with E-state index < -0.39 is 0 Å². The van der Waals surface area contributed by atoms with Gasteiger partial charge in [-0.15, -0.1) is 0 Å². The average molecular weight is 313 g/mol. The summed E-state index contributed by atoms with van der Waals surface area (Å²) in [7, 11) is 0. The minimum Gasteiger partial charge on any atom is -0.351 e. The molecule has 18 heavy (non-hydrogen) atoms. The van der Waals surface area contributed by atoms with Crippen LogP contribution in [0.1, 0.15) is 42.6 Å². The predicted molar refractivity (Wildman–Crippen MR) is 78.1 cm³/mol. The van der Waals surface area contributed by atoms with E-state index in [-0.39, 0.29) is 11.3 Å². The molecule has 4 heteroatoms. The summed E-state index contributed by atoms with van der Waals surface area (Å²) in [5, 5.41) is 3.91. The van der Waals surface area contributed by atoms with E-state index in [9.17, 15) is 4.79 Å². The third-order valence-electron chi connectivity index (χ3n) is 3.54. The van der Waals surface area contributed by atoms with Gasteiger partial charge in [-0.25, -0.2) is 0 Å². The number of alkyl halides is 1. The molecule has 0 atom stereocenters. The summed E-state index contributed by atoms with van der Waals surface area (Å²) in [5.74, 6) is -0.0431. The van der Waals surface area contributed by atoms with Gasteiger partial charge >= 0.3 is 0 Å². The normalized spacial score (nSPS) is 11.3. The van der Waals surface area contributed by atoms with Crippen LogP contribution in [0.2, 0.25) is 0 Å². The van der Waals surface area contributed by atoms with E-state index in [2.05, 4.69) is 40.1 Å². The average Bonchev–Trinajstić information content (AvgIpc) is 2.40. The number of nitrogens with zero attached hydrogens (tertiary/aromatic N) is 1. The second kappa shape index (κ2) is 6.88. The molecule has 0 aliphatic rings. The molecular weight excluding hydrogens is 292 g/mol. The number of aromatic nitrogens is 1. The predicted octanol–water partition coefficient (Wildman–Crippen LogP) is 3.32. The lowest BCUT2D eigenvalue weighted by Gasteiger charge is -2.29. The number of carbonyl (C=O) groups excluding carboxylic acids is 1. The number of aryl methyl sites for hydroxylation is 1. The fraction of sp³-hybridized carbons (Fsp3) is 0.571. The number of rotatable bonds is 6. The first-order valence-electron chi connectivity index (χ1n) is 6.32. The van der Waals surface area contributed by atoms with Gasteiger partial charge in [0.1, 0.15) is 0 Å². The zero-order valence-corrected chi connectivity index (χ0v) is 12.9. The van der Waals surface area contributed by atoms with Crippen LogP contribution in [0.5, 0.6) is 0 Å². The maximum Gasteiger partial charge on any atom is 0.252 e. The molecule has 0 saturated heterocycles. The zero-order valence-electron chi connectivity index (χ0n) is 11.3. The molecule has 3 nitrogen and oxygen atoms in total. The van der Waals surface area contributed by atoms with Gasteiger partial charge in [-0.1, -0.05) is 29.8 Å². The van der Waals surface area contributed by atoms with Crippen molar-refractivity contribution < 1.29 is 4.79 Å². The number of nitrogens with one attached hydrogen (secondary N) is 1. The van der Waals surface area contributed by atoms with Gasteiger partial charge < -0.3 is 5.32 Å². The molecule has 1 aromatic rings. The third-order valence-corrected chi connectivity index (χ3v) is 4.73. The lowest BCUT2D eigenvalue weighted by Crippen LogP contribution is -2.38. The Morgan fingerprint density at radius 3 is 2.56 bits per heavy atom. The number of halogens is 1. The fourth-order valence-corrected chi connectivity index (χ4v) is 2.78. The molecule has 1 aromatic heterocycles. The number of amides is 1. The van der Waals surface area contributed by atoms with E-state index in [4.69, 9.17) is 0 Å². The molecule has 0 aliphatic heterocycles. The summed E-state index contributed by atoms with van der Waals surface area (Å²) in [6.45, 7) is 6.94. The minimum atomic E-state index is -0.0431. The molecule has 1 heterocycles. The fourth-order valence-electron chi connectivity index (χ4n) is 1.79. The van der Waals surface area contributed by atoms with Crippen molar-refractivity contribution in [3.05, 3.63) is 29.6 Å². The van der Waals surface area contributed by atoms with E-state index >= 15 is 0 Å². The monoisotopic (exact) mass is 312 g/mol. The van der Waals surface area contributed by atoms with Gasteiger partial charge in [0.25, 0.3) is 5.91 Å². The SMILES string of the molecule is CCC(CC)(CBr)CNC(=O)c1cncc(C)c1. The van der Waals surface area contributed by atoms with Crippen molar-refractivity contribution in [3.8, 4) is 0 Å². The lowest BCUT2D eigenvalue weighted by molar-refractivity contribution is 0.0932. The first-order valence-corrected chi connectivity index (χ1v) is 7.45. The summed E-state index contributed by atoms with van der Waals surface area (Å²) in [4.78, 5) is 16.1. The van der Waals surface area contributed by atoms with E-state index in [1.54, 1.807) is 12.4 Å². The molecule has 0 spiro atoms. The molecule has 0 aliphatic carbocycles. The minimum absolute atomic E-state index is 0.0431. The largest absolute Gasteiger partial charge is 0.351 e. The Balaban J connectivity index is 2.66. The van der Waals surface area contributed by atoms with Gasteiger partial charge in [0, 0.05) is 24.3 Å². The van der Waals surface area contributed by atoms with Crippen molar-refractivity contribution in [2.45, 2.75) is 33.6 Å². The van der Waals surface area contributed by atoms with Crippen LogP contribution in [0.15, 0.2) is 18.5 Å². The molecular formula is C14H21BrN2O. The zero-order chi connectivity index (χ0) is 13.6. The highest BCUT2D eigenvalue weighted by molar-refractivity contribution is 9.09. The van der Waals surface area contributed by atoms with Crippen molar-refractivity contribution in [3.63, 3.8) is 0 Å². The number of hydrogen-bond donors (Lipinski definition) is 1. The third kappa shape index (κ3) is 3.80. The Labute approximate surface area is 118 Å². The first-order chi connectivity index (χ1) is 8.56. The molecule has 1 rings (SSSR count). The van der Waals surface area contributed by atoms with E-state index in [0.717, 1.165) is 23.7 Å². The van der Waals surface area contributed by atoms with Gasteiger partial charge in [0.15, 0.2) is 0 Å². The van der Waals surface area contributed by atoms with E-state index in [0.29, 0.717) is 12.1 Å². The Kier molecular flexibility index (Phi) is 5.79. The Morgan fingerprint density at radius 1 is 1.39 bits per heavy atom. The van der Waals surface area contributed by atoms with Crippen LogP contribution >= 0.6 is 15.9 Å². The summed E-state index contributed by atoms with van der Waals surface area (Å²) >= 11 is 3.55. The number of carbonyl (C=O) groups is 1. The summed E-state index contributed by atoms with van der Waals surface area (Å²) < 4.78 is 0. The van der Waals surface area contributed by atoms with Crippen LogP contribution in [0.4, 0.5) is 0 Å². The highest BCUT2D eigenvalue weighted by atomic mass is 79.9. The maximum absolute atomic E-state index is 12.0. The Bertz CT molecular complexity index is 394. The van der Waals surface area contributed by atoms with E-state index in [1.165, 1.54) is 0 Å². The first kappa shape index (κ1) is 15.2. The van der Waals surface area contributed by atoms with Gasteiger partial charge in [-0.2, -0.15) is 0 Å². The molecule has 0 radical (unpaired) electrons. The smallest absolute Gasteiger partial charge is 0.252 e. The van der Waals surface area contributed by atoms with Crippen molar-refractivity contribution in [1.29, 1.82) is 0 Å². The lowest BCUT2D eigenvalue weighted by atomic mass is 9.84. The van der Waals surface area contributed by atoms with Crippen LogP contribution in [0.3, 0.4) is 0 Å². The van der Waals surface area contributed by atoms with Crippen molar-refractivity contribution in [1.82, 2.24) is 10.3 Å². The van der Waals surface area contributed by atoms with Crippen molar-refractivity contribution in [2.75, 3.05) is 11.9 Å². The van der Waals surface area contributed by atoms with Crippen molar-refractivity contribution in [2.24, 2.45) is 5.41 Å². The second-order valence-corrected chi connectivity index (χ2v) is 5.34. The van der Waals surface area contributed by atoms with Crippen molar-refractivity contribution >= 4 is 21.8 Å². The second-order valence-electron chi connectivity index (χ2n) is 4.77. The van der Waals surface area contributed by atoms with Crippen LogP contribution in [-0.2, 0) is 0 Å². The van der Waals surface area contributed by atoms with E-state index in [1.807, 2.05) is 13.0 Å². The molecule has 1 amide bonds. The molecule has 0 aromatic carbocycles. The summed E-state index contributed by atoms with van der Waals surface area (Å²) in [6, 6.07) is 1.86. The van der Waals surface area contributed by atoms with Crippen LogP contribution < -0.4 is 5.32 Å². The molecule has 0 fully saturated rings. The van der Waals surface area contributed by atoms with Crippen LogP contribution in [-0.4, -0.2) is 22.8 Å². The maximum atomic E-state index is 12.0. The molecule has 0 saturated carbocycles. The highest BCUT2D eigenvalue weighted by Crippen LogP contribution is 2.27. The molecule has 100 valence electrons. The standard InChI is InChI=1S/C14H21BrN2O/c1-4-14(5-2,9-15)10-17-13(18)12-6-11(3)7-16-8-12/h6-8H,4-5,9-10H2,1-3H3,(H,17,18). The number of pyridine rings is 1. The van der Waals surface area contributed by atoms with Crippen LogP contribution in [0.25, 0.3) is 0 Å². The van der Waals surface area contributed by atoms with Crippen LogP contribution in [0, 0.1) is 12.3 Å². The van der Waals surface area contributed by atoms with Gasteiger partial charge in [-0.05, 0) is 36.8 Å². The quantitative estimate of drug-likeness (QED) is 0.819. The van der Waals surface area contributed by atoms with Gasteiger partial charge in [-0.3, -0.25) is 9.78 Å². The molecule has 0 unspecified atom stereocenters. The molecule has 1 N–H and O–H groups in total.